The van der Waals surface area contributed by atoms with Crippen molar-refractivity contribution in [3.05, 3.63) is 78.0 Å². The van der Waals surface area contributed by atoms with Gasteiger partial charge in [0.1, 0.15) is 5.82 Å². The Kier molecular flexibility index (Phi) is 5.88. The van der Waals surface area contributed by atoms with Gasteiger partial charge in [0.05, 0.1) is 10.4 Å². The molecule has 4 nitrogen and oxygen atoms in total. The van der Waals surface area contributed by atoms with Gasteiger partial charge in [-0.3, -0.25) is 4.98 Å². The number of hydrogen-bond donors (Lipinski definition) is 2. The summed E-state index contributed by atoms with van der Waals surface area (Å²) in [5.41, 5.74) is 6.24. The summed E-state index contributed by atoms with van der Waals surface area (Å²) in [4.78, 5) is 9.45. The minimum absolute atomic E-state index is 0.235. The monoisotopic (exact) mass is 446 g/mol. The van der Waals surface area contributed by atoms with Gasteiger partial charge < -0.3 is 11.1 Å². The fraction of sp³-hybridized carbons (Fsp3) is 0.182. The van der Waals surface area contributed by atoms with Crippen LogP contribution < -0.4 is 11.1 Å². The lowest BCUT2D eigenvalue weighted by molar-refractivity contribution is -0.140. The maximum absolute atomic E-state index is 13.7. The molecule has 0 amide bonds. The van der Waals surface area contributed by atoms with E-state index < -0.39 is 23.6 Å². The zero-order valence-corrected chi connectivity index (χ0v) is 17.0. The molecule has 4 aromatic rings. The van der Waals surface area contributed by atoms with E-state index in [2.05, 4.69) is 21.4 Å². The molecule has 9 heteroatoms. The molecule has 0 radical (unpaired) electrons. The number of halogens is 4. The first kappa shape index (κ1) is 21.2. The first-order valence-corrected chi connectivity index (χ1v) is 10.3. The zero-order valence-electron chi connectivity index (χ0n) is 16.2. The normalized spacial score (nSPS) is 12.8. The van der Waals surface area contributed by atoms with Crippen LogP contribution in [0.15, 0.2) is 61.1 Å². The maximum atomic E-state index is 13.7. The molecule has 1 atom stereocenters. The molecular formula is C22H18F4N4S. The number of benzene rings is 2. The van der Waals surface area contributed by atoms with E-state index in [0.29, 0.717) is 17.2 Å². The summed E-state index contributed by atoms with van der Waals surface area (Å²) >= 11 is 1.47. The lowest BCUT2D eigenvalue weighted by atomic mass is 10.0. The molecule has 0 fully saturated rings. The first-order chi connectivity index (χ1) is 14.8. The number of alkyl halides is 3. The van der Waals surface area contributed by atoms with Gasteiger partial charge in [-0.05, 0) is 47.2 Å². The predicted molar refractivity (Wildman–Crippen MR) is 114 cm³/mol. The van der Waals surface area contributed by atoms with Crippen molar-refractivity contribution in [3.63, 3.8) is 0 Å². The number of pyridine rings is 1. The quantitative estimate of drug-likeness (QED) is 0.384. The molecule has 0 aliphatic heterocycles. The molecule has 0 aliphatic rings. The molecule has 2 heterocycles. The highest BCUT2D eigenvalue weighted by atomic mass is 32.1. The second-order valence-electron chi connectivity index (χ2n) is 7.12. The van der Waals surface area contributed by atoms with E-state index in [9.17, 15) is 17.6 Å². The third-order valence-electron chi connectivity index (χ3n) is 4.78. The van der Waals surface area contributed by atoms with Crippen LogP contribution in [0.3, 0.4) is 0 Å². The van der Waals surface area contributed by atoms with Crippen molar-refractivity contribution in [1.82, 2.24) is 9.97 Å². The van der Waals surface area contributed by atoms with Crippen LogP contribution in [-0.2, 0) is 12.6 Å². The van der Waals surface area contributed by atoms with Crippen molar-refractivity contribution in [2.75, 3.05) is 11.9 Å². The number of aromatic nitrogens is 2. The van der Waals surface area contributed by atoms with Gasteiger partial charge in [-0.25, -0.2) is 9.37 Å². The van der Waals surface area contributed by atoms with Crippen LogP contribution in [0, 0.1) is 5.82 Å². The van der Waals surface area contributed by atoms with Crippen LogP contribution in [0.2, 0.25) is 0 Å². The van der Waals surface area contributed by atoms with Gasteiger partial charge in [-0.15, -0.1) is 0 Å². The Hall–Kier alpha value is -3.04. The van der Waals surface area contributed by atoms with Gasteiger partial charge in [-0.2, -0.15) is 13.2 Å². The summed E-state index contributed by atoms with van der Waals surface area (Å²) < 4.78 is 51.7. The summed E-state index contributed by atoms with van der Waals surface area (Å²) in [6.07, 6.45) is 0.847. The van der Waals surface area contributed by atoms with Crippen molar-refractivity contribution in [2.24, 2.45) is 5.73 Å². The molecule has 0 saturated heterocycles. The number of thiazole rings is 1. The van der Waals surface area contributed by atoms with Crippen LogP contribution >= 0.6 is 11.3 Å². The molecule has 0 saturated carbocycles. The van der Waals surface area contributed by atoms with Gasteiger partial charge >= 0.3 is 6.18 Å². The molecule has 0 spiro atoms. The molecule has 0 aliphatic carbocycles. The van der Waals surface area contributed by atoms with E-state index in [1.807, 2.05) is 24.4 Å². The van der Waals surface area contributed by atoms with Crippen molar-refractivity contribution >= 4 is 27.2 Å². The topological polar surface area (TPSA) is 63.8 Å². The summed E-state index contributed by atoms with van der Waals surface area (Å²) in [6, 6.07) is 10.5. The Labute approximate surface area is 179 Å². The van der Waals surface area contributed by atoms with Gasteiger partial charge in [0.2, 0.25) is 0 Å². The van der Waals surface area contributed by atoms with E-state index in [1.54, 1.807) is 12.4 Å². The van der Waals surface area contributed by atoms with Gasteiger partial charge in [0.25, 0.3) is 0 Å². The van der Waals surface area contributed by atoms with Gasteiger partial charge in [0.15, 0.2) is 5.13 Å². The predicted octanol–water partition coefficient (Wildman–Crippen LogP) is 5.50. The second kappa shape index (κ2) is 8.60. The number of fused-ring (bicyclic) bond motifs is 1. The molecule has 3 N–H and O–H groups in total. The Balaban J connectivity index is 1.37. The summed E-state index contributed by atoms with van der Waals surface area (Å²) in [5, 5.41) is 5.96. The Morgan fingerprint density at radius 3 is 2.65 bits per heavy atom. The van der Waals surface area contributed by atoms with Crippen LogP contribution in [0.5, 0.6) is 0 Å². The Morgan fingerprint density at radius 2 is 1.87 bits per heavy atom. The fourth-order valence-electron chi connectivity index (χ4n) is 3.23. The largest absolute Gasteiger partial charge is 0.419 e. The van der Waals surface area contributed by atoms with Crippen LogP contribution in [0.25, 0.3) is 21.2 Å². The number of nitrogens with zero attached hydrogens (tertiary/aromatic N) is 2. The lowest BCUT2D eigenvalue weighted by Gasteiger charge is -2.14. The minimum Gasteiger partial charge on any atom is -0.360 e. The molecule has 31 heavy (non-hydrogen) atoms. The lowest BCUT2D eigenvalue weighted by Crippen LogP contribution is -2.31. The number of rotatable bonds is 6. The minimum atomic E-state index is -4.71. The van der Waals surface area contributed by atoms with E-state index in [1.165, 1.54) is 17.4 Å². The van der Waals surface area contributed by atoms with Gasteiger partial charge in [-0.1, -0.05) is 29.5 Å². The van der Waals surface area contributed by atoms with E-state index in [0.717, 1.165) is 33.3 Å². The van der Waals surface area contributed by atoms with Crippen molar-refractivity contribution in [3.8, 4) is 10.4 Å². The molecule has 0 unspecified atom stereocenters. The average molecular weight is 446 g/mol. The molecule has 160 valence electrons. The Bertz CT molecular complexity index is 1210. The third-order valence-corrected chi connectivity index (χ3v) is 5.79. The number of hydrogen-bond acceptors (Lipinski definition) is 5. The SMILES string of the molecule is N[C@H](CNc1ncc(-c2ccc3cnccc3c2)s1)Cc1ccc(C(F)(F)F)c(F)c1. The number of anilines is 1. The molecule has 2 aromatic heterocycles. The number of nitrogens with one attached hydrogen (secondary N) is 1. The summed E-state index contributed by atoms with van der Waals surface area (Å²) in [5.74, 6) is -1.29. The summed E-state index contributed by atoms with van der Waals surface area (Å²) in [6.45, 7) is 0.346. The van der Waals surface area contributed by atoms with Crippen LogP contribution in [0.4, 0.5) is 22.7 Å². The van der Waals surface area contributed by atoms with E-state index in [-0.39, 0.29) is 6.42 Å². The maximum Gasteiger partial charge on any atom is 0.419 e. The summed E-state index contributed by atoms with van der Waals surface area (Å²) in [7, 11) is 0. The average Bonchev–Trinajstić information content (AvgIpc) is 3.20. The number of nitrogens with two attached hydrogens (primary N) is 1. The molecule has 4 rings (SSSR count). The molecule has 2 aromatic carbocycles. The Morgan fingerprint density at radius 1 is 1.03 bits per heavy atom. The highest BCUT2D eigenvalue weighted by Gasteiger charge is 2.33. The van der Waals surface area contributed by atoms with Crippen LogP contribution in [-0.4, -0.2) is 22.6 Å². The van der Waals surface area contributed by atoms with E-state index in [4.69, 9.17) is 5.73 Å². The smallest absolute Gasteiger partial charge is 0.360 e. The van der Waals surface area contributed by atoms with Crippen molar-refractivity contribution < 1.29 is 17.6 Å². The third kappa shape index (κ3) is 5.00. The molecular weight excluding hydrogens is 428 g/mol. The highest BCUT2D eigenvalue weighted by molar-refractivity contribution is 7.18. The van der Waals surface area contributed by atoms with Crippen molar-refractivity contribution in [1.29, 1.82) is 0 Å². The van der Waals surface area contributed by atoms with E-state index >= 15 is 0 Å². The highest BCUT2D eigenvalue weighted by Crippen LogP contribution is 2.32. The van der Waals surface area contributed by atoms with Gasteiger partial charge in [0, 0.05) is 36.6 Å². The van der Waals surface area contributed by atoms with Crippen LogP contribution in [0.1, 0.15) is 11.1 Å². The second-order valence-corrected chi connectivity index (χ2v) is 8.15. The molecule has 0 bridgehead atoms. The first-order valence-electron chi connectivity index (χ1n) is 9.44. The zero-order chi connectivity index (χ0) is 22.0. The fourth-order valence-corrected chi connectivity index (χ4v) is 4.05. The van der Waals surface area contributed by atoms with Crippen molar-refractivity contribution in [2.45, 2.75) is 18.6 Å². The standard InChI is InChI=1S/C22H18F4N4S/c23-19-8-13(1-4-18(19)22(24,25)26)7-17(27)11-29-21-30-12-20(31-21)15-2-3-16-10-28-6-5-14(16)9-15/h1-6,8-10,12,17H,7,11,27H2,(H,29,30)/t17-/m0/s1.